The first-order valence-corrected chi connectivity index (χ1v) is 13.7. The highest BCUT2D eigenvalue weighted by atomic mass is 32.2. The number of carbonyl (C=O) groups excluding carboxylic acids is 1. The summed E-state index contributed by atoms with van der Waals surface area (Å²) in [4.78, 5) is 15.9. The molecule has 3 aromatic rings. The number of carbonyl (C=O) groups is 1. The van der Waals surface area contributed by atoms with E-state index in [4.69, 9.17) is 9.84 Å². The molecule has 2 N–H and O–H groups in total. The van der Waals surface area contributed by atoms with Crippen molar-refractivity contribution < 1.29 is 36.2 Å². The van der Waals surface area contributed by atoms with Crippen LogP contribution >= 0.6 is 34.4 Å². The molecule has 0 aliphatic rings. The van der Waals surface area contributed by atoms with E-state index in [-0.39, 0.29) is 36.0 Å². The van der Waals surface area contributed by atoms with Gasteiger partial charge in [0.25, 0.3) is 10.0 Å². The van der Waals surface area contributed by atoms with E-state index in [1.54, 1.807) is 5.38 Å². The minimum absolute atomic E-state index is 0.00325. The van der Waals surface area contributed by atoms with Crippen LogP contribution in [0.4, 0.5) is 18.9 Å². The second-order valence-corrected chi connectivity index (χ2v) is 11.2. The molecule has 2 aromatic heterocycles. The first-order chi connectivity index (χ1) is 16.1. The van der Waals surface area contributed by atoms with E-state index in [1.165, 1.54) is 51.3 Å². The molecule has 0 saturated heterocycles. The molecular formula is C19H18F3N3O5S4. The first kappa shape index (κ1) is 26.4. The van der Waals surface area contributed by atoms with Gasteiger partial charge in [0.2, 0.25) is 0 Å². The summed E-state index contributed by atoms with van der Waals surface area (Å²) in [6.45, 7) is -0.313. The highest BCUT2D eigenvalue weighted by Gasteiger charge is 2.31. The van der Waals surface area contributed by atoms with Gasteiger partial charge in [0.05, 0.1) is 22.8 Å². The fourth-order valence-electron chi connectivity index (χ4n) is 2.52. The minimum atomic E-state index is -4.54. The largest absolute Gasteiger partial charge is 0.459 e. The van der Waals surface area contributed by atoms with Crippen LogP contribution in [0.15, 0.2) is 55.7 Å². The third kappa shape index (κ3) is 6.70. The molecule has 0 amide bonds. The second kappa shape index (κ2) is 11.5. The van der Waals surface area contributed by atoms with Crippen LogP contribution in [-0.4, -0.2) is 50.0 Å². The molecule has 184 valence electrons. The van der Waals surface area contributed by atoms with Crippen molar-refractivity contribution in [3.8, 4) is 0 Å². The Balaban J connectivity index is 1.68. The number of nitrogens with one attached hydrogen (secondary N) is 1. The maximum atomic E-state index is 13.1. The van der Waals surface area contributed by atoms with E-state index < -0.39 is 27.7 Å². The number of hydrogen-bond donors (Lipinski definition) is 2. The van der Waals surface area contributed by atoms with Crippen molar-refractivity contribution >= 4 is 56.1 Å². The summed E-state index contributed by atoms with van der Waals surface area (Å²) >= 11 is 3.63. The van der Waals surface area contributed by atoms with Gasteiger partial charge in [-0.25, -0.2) is 15.2 Å². The minimum Gasteiger partial charge on any atom is -0.459 e. The van der Waals surface area contributed by atoms with Crippen LogP contribution in [0, 0.1) is 0 Å². The third-order valence-corrected chi connectivity index (χ3v) is 8.59. The van der Waals surface area contributed by atoms with Crippen LogP contribution in [-0.2, 0) is 20.9 Å². The number of aliphatic hydroxyl groups excluding tert-OH is 1. The number of anilines is 1. The van der Waals surface area contributed by atoms with Gasteiger partial charge in [0.15, 0.2) is 10.0 Å². The molecule has 0 bridgehead atoms. The first-order valence-electron chi connectivity index (χ1n) is 9.47. The number of thioether (sulfide) groups is 1. The molecule has 8 nitrogen and oxygen atoms in total. The quantitative estimate of drug-likeness (QED) is 0.160. The third-order valence-electron chi connectivity index (χ3n) is 4.06. The Morgan fingerprint density at radius 2 is 1.94 bits per heavy atom. The number of esters is 1. The standard InChI is InChI=1S/C19H18F3N3O5S4/c20-19(21,22)13-1-3-14(4-2-13)25(34(28,29)15-5-9-31-11-15)23-6-10-32-18-24-16(12-33-18)17(27)30-8-7-26/h1-5,9,11-12,23,26H,6-8,10H2. The average Bonchev–Trinajstić information content (AvgIpc) is 3.49. The zero-order chi connectivity index (χ0) is 24.8. The second-order valence-electron chi connectivity index (χ2n) is 6.39. The molecule has 34 heavy (non-hydrogen) atoms. The number of ether oxygens (including phenoxy) is 1. The van der Waals surface area contributed by atoms with Gasteiger partial charge in [-0.1, -0.05) is 11.8 Å². The van der Waals surface area contributed by atoms with Crippen molar-refractivity contribution in [3.05, 3.63) is 57.7 Å². The molecular weight excluding hydrogens is 535 g/mol. The number of thiophene rings is 1. The number of alkyl halides is 3. The summed E-state index contributed by atoms with van der Waals surface area (Å²) in [5, 5.41) is 13.2. The van der Waals surface area contributed by atoms with Gasteiger partial charge in [-0.15, -0.1) is 11.3 Å². The predicted molar refractivity (Wildman–Crippen MR) is 124 cm³/mol. The molecule has 0 atom stereocenters. The van der Waals surface area contributed by atoms with E-state index in [2.05, 4.69) is 10.4 Å². The summed E-state index contributed by atoms with van der Waals surface area (Å²) < 4.78 is 71.0. The Morgan fingerprint density at radius 1 is 1.21 bits per heavy atom. The van der Waals surface area contributed by atoms with Gasteiger partial charge in [-0.2, -0.15) is 37.3 Å². The summed E-state index contributed by atoms with van der Waals surface area (Å²) in [5.74, 6) is -0.319. The van der Waals surface area contributed by atoms with E-state index >= 15 is 0 Å². The Kier molecular flexibility index (Phi) is 8.95. The van der Waals surface area contributed by atoms with E-state index in [0.717, 1.165) is 28.7 Å². The number of sulfonamides is 1. The molecule has 0 fully saturated rings. The summed E-state index contributed by atoms with van der Waals surface area (Å²) in [6.07, 6.45) is -4.54. The monoisotopic (exact) mass is 553 g/mol. The molecule has 0 radical (unpaired) electrons. The Morgan fingerprint density at radius 3 is 2.56 bits per heavy atom. The number of nitrogens with zero attached hydrogens (tertiary/aromatic N) is 2. The summed E-state index contributed by atoms with van der Waals surface area (Å²) in [6, 6.07) is 5.19. The lowest BCUT2D eigenvalue weighted by molar-refractivity contribution is -0.137. The number of rotatable bonds is 11. The van der Waals surface area contributed by atoms with Gasteiger partial charge in [-0.05, 0) is 35.7 Å². The number of hydrogen-bond acceptors (Lipinski definition) is 10. The molecule has 0 spiro atoms. The number of halogens is 3. The van der Waals surface area contributed by atoms with Crippen LogP contribution in [0.25, 0.3) is 0 Å². The van der Waals surface area contributed by atoms with E-state index in [9.17, 15) is 26.4 Å². The molecule has 0 aliphatic carbocycles. The maximum Gasteiger partial charge on any atom is 0.416 e. The van der Waals surface area contributed by atoms with Crippen LogP contribution in [0.2, 0.25) is 0 Å². The van der Waals surface area contributed by atoms with Crippen LogP contribution in [0.5, 0.6) is 0 Å². The van der Waals surface area contributed by atoms with E-state index in [1.807, 2.05) is 0 Å². The van der Waals surface area contributed by atoms with Crippen molar-refractivity contribution in [3.63, 3.8) is 0 Å². The summed E-state index contributed by atoms with van der Waals surface area (Å²) in [5.41, 5.74) is 1.98. The molecule has 3 rings (SSSR count). The van der Waals surface area contributed by atoms with Gasteiger partial charge in [-0.3, -0.25) is 0 Å². The van der Waals surface area contributed by atoms with Gasteiger partial charge in [0.1, 0.15) is 6.61 Å². The predicted octanol–water partition coefficient (Wildman–Crippen LogP) is 3.86. The number of aliphatic hydroxyl groups is 1. The summed E-state index contributed by atoms with van der Waals surface area (Å²) in [7, 11) is -4.07. The molecule has 0 unspecified atom stereocenters. The van der Waals surface area contributed by atoms with Crippen molar-refractivity contribution in [2.75, 3.05) is 29.9 Å². The van der Waals surface area contributed by atoms with Crippen LogP contribution in [0.3, 0.4) is 0 Å². The molecule has 15 heteroatoms. The zero-order valence-corrected chi connectivity index (χ0v) is 20.5. The number of aromatic nitrogens is 1. The highest BCUT2D eigenvalue weighted by Crippen LogP contribution is 2.31. The number of benzene rings is 1. The lowest BCUT2D eigenvalue weighted by Gasteiger charge is -2.25. The Bertz CT molecular complexity index is 1180. The van der Waals surface area contributed by atoms with Gasteiger partial charge >= 0.3 is 12.1 Å². The van der Waals surface area contributed by atoms with Crippen molar-refractivity contribution in [1.82, 2.24) is 10.4 Å². The normalized spacial score (nSPS) is 12.0. The molecule has 2 heterocycles. The van der Waals surface area contributed by atoms with E-state index in [0.29, 0.717) is 10.1 Å². The van der Waals surface area contributed by atoms with Crippen molar-refractivity contribution in [1.29, 1.82) is 0 Å². The fraction of sp³-hybridized carbons (Fsp3) is 0.263. The average molecular weight is 554 g/mol. The van der Waals surface area contributed by atoms with Crippen molar-refractivity contribution in [2.24, 2.45) is 0 Å². The molecule has 0 saturated carbocycles. The highest BCUT2D eigenvalue weighted by molar-refractivity contribution is 8.01. The van der Waals surface area contributed by atoms with Crippen molar-refractivity contribution in [2.45, 2.75) is 15.4 Å². The number of hydrazine groups is 1. The lowest BCUT2D eigenvalue weighted by atomic mass is 10.2. The topological polar surface area (TPSA) is 109 Å². The lowest BCUT2D eigenvalue weighted by Crippen LogP contribution is -2.44. The van der Waals surface area contributed by atoms with Gasteiger partial charge < -0.3 is 9.84 Å². The smallest absolute Gasteiger partial charge is 0.416 e. The Labute approximate surface area is 205 Å². The number of thiazole rings is 1. The van der Waals surface area contributed by atoms with Crippen LogP contribution in [0.1, 0.15) is 16.1 Å². The zero-order valence-electron chi connectivity index (χ0n) is 17.2. The molecule has 0 aliphatic heterocycles. The Hall–Kier alpha value is -2.17. The maximum absolute atomic E-state index is 13.1. The van der Waals surface area contributed by atoms with Gasteiger partial charge in [0, 0.05) is 23.1 Å². The SMILES string of the molecule is O=C(OCCO)c1csc(SCCNN(c2ccc(C(F)(F)F)cc2)S(=O)(=O)c2ccsc2)n1. The van der Waals surface area contributed by atoms with Crippen LogP contribution < -0.4 is 9.84 Å². The molecule has 1 aromatic carbocycles. The fourth-order valence-corrected chi connectivity index (χ4v) is 6.60.